The lowest BCUT2D eigenvalue weighted by atomic mass is 10.1. The third-order valence-corrected chi connectivity index (χ3v) is 2.93. The van der Waals surface area contributed by atoms with Crippen LogP contribution in [0, 0.1) is 5.92 Å². The van der Waals surface area contributed by atoms with Gasteiger partial charge in [-0.1, -0.05) is 13.8 Å². The molecule has 0 bridgehead atoms. The fourth-order valence-corrected chi connectivity index (χ4v) is 1.70. The number of nitrogens with one attached hydrogen (secondary N) is 1. The quantitative estimate of drug-likeness (QED) is 0.819. The first-order valence-corrected chi connectivity index (χ1v) is 6.94. The third kappa shape index (κ3) is 4.85. The maximum Gasteiger partial charge on any atom is 0.270 e. The monoisotopic (exact) mass is 264 g/mol. The Bertz CT molecular complexity index is 402. The van der Waals surface area contributed by atoms with Crippen molar-refractivity contribution in [3.63, 3.8) is 0 Å². The number of anilines is 1. The van der Waals surface area contributed by atoms with Crippen LogP contribution in [0.1, 0.15) is 44.6 Å². The molecule has 0 fully saturated rings. The third-order valence-electron chi connectivity index (χ3n) is 2.93. The number of aromatic nitrogens is 2. The van der Waals surface area contributed by atoms with E-state index in [0.717, 1.165) is 19.5 Å². The Morgan fingerprint density at radius 3 is 2.63 bits per heavy atom. The van der Waals surface area contributed by atoms with E-state index in [1.807, 2.05) is 18.7 Å². The highest BCUT2D eigenvalue weighted by Crippen LogP contribution is 2.07. The van der Waals surface area contributed by atoms with Gasteiger partial charge in [-0.15, -0.1) is 0 Å². The summed E-state index contributed by atoms with van der Waals surface area (Å²) in [6.07, 6.45) is 2.61. The highest BCUT2D eigenvalue weighted by Gasteiger charge is 2.11. The van der Waals surface area contributed by atoms with E-state index < -0.39 is 0 Å². The second-order valence-corrected chi connectivity index (χ2v) is 4.85. The van der Waals surface area contributed by atoms with E-state index in [9.17, 15) is 4.79 Å². The van der Waals surface area contributed by atoms with Crippen molar-refractivity contribution in [1.29, 1.82) is 0 Å². The molecule has 5 nitrogen and oxygen atoms in total. The van der Waals surface area contributed by atoms with Gasteiger partial charge >= 0.3 is 0 Å². The molecule has 0 saturated heterocycles. The van der Waals surface area contributed by atoms with Crippen LogP contribution in [-0.2, 0) is 0 Å². The Morgan fingerprint density at radius 1 is 1.37 bits per heavy atom. The Kier molecular flexibility index (Phi) is 6.25. The molecule has 1 aromatic rings. The van der Waals surface area contributed by atoms with E-state index in [1.165, 1.54) is 0 Å². The summed E-state index contributed by atoms with van der Waals surface area (Å²) in [6, 6.07) is 1.65. The van der Waals surface area contributed by atoms with Crippen molar-refractivity contribution in [1.82, 2.24) is 15.3 Å². The molecule has 1 aromatic heterocycles. The van der Waals surface area contributed by atoms with E-state index in [-0.39, 0.29) is 5.91 Å². The van der Waals surface area contributed by atoms with Crippen molar-refractivity contribution in [2.24, 2.45) is 5.92 Å². The van der Waals surface area contributed by atoms with Crippen LogP contribution in [0.4, 0.5) is 5.95 Å². The van der Waals surface area contributed by atoms with Crippen molar-refractivity contribution in [3.8, 4) is 0 Å². The minimum absolute atomic E-state index is 0.128. The van der Waals surface area contributed by atoms with Crippen LogP contribution < -0.4 is 10.2 Å². The van der Waals surface area contributed by atoms with Gasteiger partial charge in [0.1, 0.15) is 5.69 Å². The van der Waals surface area contributed by atoms with Crippen LogP contribution in [0.15, 0.2) is 12.3 Å². The largest absolute Gasteiger partial charge is 0.351 e. The molecule has 1 rings (SSSR count). The fraction of sp³-hybridized carbons (Fsp3) is 0.643. The Balaban J connectivity index is 2.67. The first-order valence-electron chi connectivity index (χ1n) is 6.94. The molecule has 0 unspecified atom stereocenters. The zero-order chi connectivity index (χ0) is 14.3. The molecular weight excluding hydrogens is 240 g/mol. The summed E-state index contributed by atoms with van der Waals surface area (Å²) in [5.74, 6) is 1.06. The van der Waals surface area contributed by atoms with Crippen LogP contribution in [-0.4, -0.2) is 35.5 Å². The molecule has 106 valence electrons. The van der Waals surface area contributed by atoms with Gasteiger partial charge in [0.15, 0.2) is 0 Å². The van der Waals surface area contributed by atoms with Gasteiger partial charge in [-0.3, -0.25) is 4.79 Å². The predicted molar refractivity (Wildman–Crippen MR) is 77.4 cm³/mol. The normalized spacial score (nSPS) is 10.6. The van der Waals surface area contributed by atoms with Crippen molar-refractivity contribution in [2.45, 2.75) is 34.1 Å². The lowest BCUT2D eigenvalue weighted by Gasteiger charge is -2.18. The predicted octanol–water partition coefficient (Wildman–Crippen LogP) is 2.10. The van der Waals surface area contributed by atoms with Crippen LogP contribution in [0.2, 0.25) is 0 Å². The van der Waals surface area contributed by atoms with Gasteiger partial charge < -0.3 is 10.2 Å². The molecule has 0 radical (unpaired) electrons. The zero-order valence-electron chi connectivity index (χ0n) is 12.3. The molecule has 0 atom stereocenters. The molecule has 1 heterocycles. The molecule has 1 N–H and O–H groups in total. The van der Waals surface area contributed by atoms with E-state index in [4.69, 9.17) is 0 Å². The first-order chi connectivity index (χ1) is 9.08. The van der Waals surface area contributed by atoms with Gasteiger partial charge in [0.25, 0.3) is 5.91 Å². The smallest absolute Gasteiger partial charge is 0.270 e. The van der Waals surface area contributed by atoms with Crippen molar-refractivity contribution in [3.05, 3.63) is 18.0 Å². The van der Waals surface area contributed by atoms with Crippen molar-refractivity contribution in [2.75, 3.05) is 24.5 Å². The topological polar surface area (TPSA) is 58.1 Å². The van der Waals surface area contributed by atoms with E-state index in [0.29, 0.717) is 24.1 Å². The number of carbonyl (C=O) groups excluding carboxylic acids is 1. The highest BCUT2D eigenvalue weighted by atomic mass is 16.1. The minimum Gasteiger partial charge on any atom is -0.351 e. The number of rotatable bonds is 7. The summed E-state index contributed by atoms with van der Waals surface area (Å²) >= 11 is 0. The van der Waals surface area contributed by atoms with Crippen LogP contribution >= 0.6 is 0 Å². The molecular formula is C14H24N4O. The SMILES string of the molecule is CCN(CC)c1nccc(C(=O)NCCC(C)C)n1. The van der Waals surface area contributed by atoms with Crippen molar-refractivity contribution < 1.29 is 4.79 Å². The van der Waals surface area contributed by atoms with Gasteiger partial charge in [-0.05, 0) is 32.3 Å². The first kappa shape index (κ1) is 15.4. The molecule has 0 aliphatic heterocycles. The van der Waals surface area contributed by atoms with Gasteiger partial charge in [0.05, 0.1) is 0 Å². The van der Waals surface area contributed by atoms with Crippen LogP contribution in [0.3, 0.4) is 0 Å². The second-order valence-electron chi connectivity index (χ2n) is 4.85. The second kappa shape index (κ2) is 7.71. The molecule has 5 heteroatoms. The van der Waals surface area contributed by atoms with E-state index in [1.54, 1.807) is 12.3 Å². The number of carbonyl (C=O) groups is 1. The number of hydrogen-bond acceptors (Lipinski definition) is 4. The molecule has 0 aliphatic rings. The summed E-state index contributed by atoms with van der Waals surface area (Å²) in [7, 11) is 0. The maximum absolute atomic E-state index is 12.0. The van der Waals surface area contributed by atoms with Gasteiger partial charge in [0, 0.05) is 25.8 Å². The maximum atomic E-state index is 12.0. The summed E-state index contributed by atoms with van der Waals surface area (Å²) in [5, 5.41) is 2.88. The van der Waals surface area contributed by atoms with Gasteiger partial charge in [0.2, 0.25) is 5.95 Å². The average Bonchev–Trinajstić information content (AvgIpc) is 2.40. The van der Waals surface area contributed by atoms with Gasteiger partial charge in [-0.25, -0.2) is 9.97 Å². The van der Waals surface area contributed by atoms with E-state index >= 15 is 0 Å². The summed E-state index contributed by atoms with van der Waals surface area (Å²) in [4.78, 5) is 22.5. The Morgan fingerprint density at radius 2 is 2.05 bits per heavy atom. The average molecular weight is 264 g/mol. The molecule has 0 saturated carbocycles. The van der Waals surface area contributed by atoms with Crippen molar-refractivity contribution >= 4 is 11.9 Å². The molecule has 19 heavy (non-hydrogen) atoms. The summed E-state index contributed by atoms with van der Waals surface area (Å²) < 4.78 is 0. The molecule has 0 aromatic carbocycles. The lowest BCUT2D eigenvalue weighted by Crippen LogP contribution is -2.28. The lowest BCUT2D eigenvalue weighted by molar-refractivity contribution is 0.0947. The zero-order valence-corrected chi connectivity index (χ0v) is 12.3. The summed E-state index contributed by atoms with van der Waals surface area (Å²) in [5.41, 5.74) is 0.431. The van der Waals surface area contributed by atoms with Gasteiger partial charge in [-0.2, -0.15) is 0 Å². The van der Waals surface area contributed by atoms with Crippen LogP contribution in [0.5, 0.6) is 0 Å². The molecule has 0 spiro atoms. The number of nitrogens with zero attached hydrogens (tertiary/aromatic N) is 3. The fourth-order valence-electron chi connectivity index (χ4n) is 1.70. The van der Waals surface area contributed by atoms with Crippen LogP contribution in [0.25, 0.3) is 0 Å². The summed E-state index contributed by atoms with van der Waals surface area (Å²) in [6.45, 7) is 10.7. The minimum atomic E-state index is -0.128. The molecule has 0 aliphatic carbocycles. The Labute approximate surface area is 115 Å². The Hall–Kier alpha value is -1.65. The highest BCUT2D eigenvalue weighted by molar-refractivity contribution is 5.92. The number of hydrogen-bond donors (Lipinski definition) is 1. The number of amides is 1. The molecule has 1 amide bonds. The standard InChI is InChI=1S/C14H24N4O/c1-5-18(6-2)14-16-10-8-12(17-14)13(19)15-9-7-11(3)4/h8,10-11H,5-7,9H2,1-4H3,(H,15,19). The van der Waals surface area contributed by atoms with E-state index in [2.05, 4.69) is 29.1 Å².